The molecule has 1 aliphatic carbocycles. The zero-order chi connectivity index (χ0) is 10.5. The van der Waals surface area contributed by atoms with Gasteiger partial charge in [0.05, 0.1) is 6.54 Å². The van der Waals surface area contributed by atoms with E-state index in [1.54, 1.807) is 11.3 Å². The molecule has 0 bridgehead atoms. The smallest absolute Gasteiger partial charge is 0.191 e. The summed E-state index contributed by atoms with van der Waals surface area (Å²) in [5.74, 6) is 0.950. The third kappa shape index (κ3) is 4.69. The van der Waals surface area contributed by atoms with Crippen LogP contribution in [0.4, 0.5) is 0 Å². The van der Waals surface area contributed by atoms with Crippen LogP contribution in [0.2, 0.25) is 0 Å². The SMILES string of the molecule is CCNC(=NCc1ccsc1)NC1CC1.I. The zero-order valence-electron chi connectivity index (χ0n) is 9.40. The van der Waals surface area contributed by atoms with Crippen molar-refractivity contribution in [1.29, 1.82) is 0 Å². The van der Waals surface area contributed by atoms with Crippen LogP contribution in [0.1, 0.15) is 25.3 Å². The van der Waals surface area contributed by atoms with Crippen LogP contribution in [0.5, 0.6) is 0 Å². The maximum Gasteiger partial charge on any atom is 0.191 e. The number of guanidine groups is 1. The van der Waals surface area contributed by atoms with Gasteiger partial charge in [0.1, 0.15) is 0 Å². The second-order valence-electron chi connectivity index (χ2n) is 3.75. The molecular weight excluding hydrogens is 333 g/mol. The molecule has 0 atom stereocenters. The van der Waals surface area contributed by atoms with Crippen molar-refractivity contribution in [3.05, 3.63) is 22.4 Å². The summed E-state index contributed by atoms with van der Waals surface area (Å²) in [5.41, 5.74) is 1.29. The van der Waals surface area contributed by atoms with Crippen LogP contribution in [0.25, 0.3) is 0 Å². The van der Waals surface area contributed by atoms with Gasteiger partial charge in [-0.3, -0.25) is 0 Å². The third-order valence-corrected chi connectivity index (χ3v) is 2.99. The van der Waals surface area contributed by atoms with Gasteiger partial charge in [-0.05, 0) is 42.2 Å². The molecule has 0 radical (unpaired) electrons. The topological polar surface area (TPSA) is 36.4 Å². The second-order valence-corrected chi connectivity index (χ2v) is 4.53. The molecule has 0 saturated heterocycles. The number of nitrogens with one attached hydrogen (secondary N) is 2. The molecule has 1 saturated carbocycles. The lowest BCUT2D eigenvalue weighted by atomic mass is 10.3. The predicted molar refractivity (Wildman–Crippen MR) is 80.7 cm³/mol. The van der Waals surface area contributed by atoms with E-state index in [1.807, 2.05) is 0 Å². The van der Waals surface area contributed by atoms with Crippen molar-refractivity contribution < 1.29 is 0 Å². The molecule has 5 heteroatoms. The van der Waals surface area contributed by atoms with Gasteiger partial charge in [-0.1, -0.05) is 0 Å². The Kier molecular flexibility index (Phi) is 6.12. The molecule has 2 N–H and O–H groups in total. The Hall–Kier alpha value is -0.300. The number of hydrogen-bond acceptors (Lipinski definition) is 2. The van der Waals surface area contributed by atoms with Gasteiger partial charge in [0.25, 0.3) is 0 Å². The largest absolute Gasteiger partial charge is 0.357 e. The molecule has 0 aliphatic heterocycles. The van der Waals surface area contributed by atoms with Crippen molar-refractivity contribution in [2.75, 3.05) is 6.54 Å². The van der Waals surface area contributed by atoms with E-state index in [9.17, 15) is 0 Å². The fourth-order valence-corrected chi connectivity index (χ4v) is 1.95. The fraction of sp³-hybridized carbons (Fsp3) is 0.545. The Bertz CT molecular complexity index is 320. The van der Waals surface area contributed by atoms with Gasteiger partial charge < -0.3 is 10.6 Å². The van der Waals surface area contributed by atoms with Crippen molar-refractivity contribution in [2.24, 2.45) is 4.99 Å². The molecule has 1 aliphatic rings. The lowest BCUT2D eigenvalue weighted by Crippen LogP contribution is -2.38. The van der Waals surface area contributed by atoms with Crippen LogP contribution in [-0.2, 0) is 6.54 Å². The van der Waals surface area contributed by atoms with Crippen LogP contribution in [-0.4, -0.2) is 18.5 Å². The van der Waals surface area contributed by atoms with Crippen molar-refractivity contribution in [1.82, 2.24) is 10.6 Å². The van der Waals surface area contributed by atoms with Gasteiger partial charge in [-0.25, -0.2) is 4.99 Å². The molecule has 0 spiro atoms. The highest BCUT2D eigenvalue weighted by atomic mass is 127. The van der Waals surface area contributed by atoms with Gasteiger partial charge in [0.15, 0.2) is 5.96 Å². The first-order valence-electron chi connectivity index (χ1n) is 5.44. The van der Waals surface area contributed by atoms with Crippen molar-refractivity contribution in [3.63, 3.8) is 0 Å². The average molecular weight is 351 g/mol. The highest BCUT2D eigenvalue weighted by molar-refractivity contribution is 14.0. The first-order chi connectivity index (χ1) is 7.38. The summed E-state index contributed by atoms with van der Waals surface area (Å²) in [4.78, 5) is 4.54. The lowest BCUT2D eigenvalue weighted by molar-refractivity contribution is 0.812. The van der Waals surface area contributed by atoms with Gasteiger partial charge >= 0.3 is 0 Å². The van der Waals surface area contributed by atoms with Crippen LogP contribution < -0.4 is 10.6 Å². The number of nitrogens with zero attached hydrogens (tertiary/aromatic N) is 1. The highest BCUT2D eigenvalue weighted by Crippen LogP contribution is 2.18. The Labute approximate surface area is 118 Å². The molecule has 90 valence electrons. The molecule has 1 fully saturated rings. The first kappa shape index (κ1) is 13.8. The summed E-state index contributed by atoms with van der Waals surface area (Å²) in [6.45, 7) is 3.78. The van der Waals surface area contributed by atoms with Gasteiger partial charge in [0, 0.05) is 12.6 Å². The standard InChI is InChI=1S/C11H17N3S.HI/c1-2-12-11(14-10-3-4-10)13-7-9-5-6-15-8-9;/h5-6,8,10H,2-4,7H2,1H3,(H2,12,13,14);1H. The quantitative estimate of drug-likeness (QED) is 0.497. The fourth-order valence-electron chi connectivity index (χ4n) is 1.29. The van der Waals surface area contributed by atoms with E-state index in [2.05, 4.69) is 39.4 Å². The van der Waals surface area contributed by atoms with E-state index in [1.165, 1.54) is 18.4 Å². The summed E-state index contributed by atoms with van der Waals surface area (Å²) in [5, 5.41) is 10.9. The minimum absolute atomic E-state index is 0. The number of rotatable bonds is 4. The van der Waals surface area contributed by atoms with Crippen LogP contribution >= 0.6 is 35.3 Å². The van der Waals surface area contributed by atoms with Crippen molar-refractivity contribution >= 4 is 41.3 Å². The minimum Gasteiger partial charge on any atom is -0.357 e. The Morgan fingerprint density at radius 1 is 1.56 bits per heavy atom. The van der Waals surface area contributed by atoms with Gasteiger partial charge in [0.2, 0.25) is 0 Å². The molecule has 1 aromatic heterocycles. The molecular formula is C11H18IN3S. The number of halogens is 1. The Balaban J connectivity index is 0.00000128. The molecule has 3 nitrogen and oxygen atoms in total. The maximum absolute atomic E-state index is 4.54. The summed E-state index contributed by atoms with van der Waals surface area (Å²) in [7, 11) is 0. The summed E-state index contributed by atoms with van der Waals surface area (Å²) < 4.78 is 0. The molecule has 0 unspecified atom stereocenters. The Morgan fingerprint density at radius 3 is 2.94 bits per heavy atom. The molecule has 0 aromatic carbocycles. The van der Waals surface area contributed by atoms with E-state index in [0.29, 0.717) is 6.04 Å². The summed E-state index contributed by atoms with van der Waals surface area (Å²) >= 11 is 1.72. The number of thiophene rings is 1. The number of aliphatic imine (C=N–C) groups is 1. The number of hydrogen-bond donors (Lipinski definition) is 2. The molecule has 1 aromatic rings. The highest BCUT2D eigenvalue weighted by Gasteiger charge is 2.21. The van der Waals surface area contributed by atoms with E-state index in [-0.39, 0.29) is 24.0 Å². The maximum atomic E-state index is 4.54. The van der Waals surface area contributed by atoms with E-state index in [4.69, 9.17) is 0 Å². The van der Waals surface area contributed by atoms with E-state index >= 15 is 0 Å². The van der Waals surface area contributed by atoms with Crippen LogP contribution in [0.15, 0.2) is 21.8 Å². The summed E-state index contributed by atoms with van der Waals surface area (Å²) in [6, 6.07) is 2.78. The van der Waals surface area contributed by atoms with Crippen LogP contribution in [0, 0.1) is 0 Å². The van der Waals surface area contributed by atoms with Gasteiger partial charge in [-0.2, -0.15) is 11.3 Å². The van der Waals surface area contributed by atoms with Crippen molar-refractivity contribution in [3.8, 4) is 0 Å². The van der Waals surface area contributed by atoms with E-state index in [0.717, 1.165) is 19.0 Å². The summed E-state index contributed by atoms with van der Waals surface area (Å²) in [6.07, 6.45) is 2.56. The monoisotopic (exact) mass is 351 g/mol. The molecule has 0 amide bonds. The average Bonchev–Trinajstić information content (AvgIpc) is 2.90. The zero-order valence-corrected chi connectivity index (χ0v) is 12.5. The first-order valence-corrected chi connectivity index (χ1v) is 6.38. The van der Waals surface area contributed by atoms with Gasteiger partial charge in [-0.15, -0.1) is 24.0 Å². The molecule has 1 heterocycles. The minimum atomic E-state index is 0. The molecule has 2 rings (SSSR count). The Morgan fingerprint density at radius 2 is 2.38 bits per heavy atom. The normalized spacial score (nSPS) is 15.4. The molecule has 16 heavy (non-hydrogen) atoms. The second kappa shape index (κ2) is 7.11. The lowest BCUT2D eigenvalue weighted by Gasteiger charge is -2.09. The van der Waals surface area contributed by atoms with Crippen molar-refractivity contribution in [2.45, 2.75) is 32.4 Å². The predicted octanol–water partition coefficient (Wildman–Crippen LogP) is 2.58. The van der Waals surface area contributed by atoms with E-state index < -0.39 is 0 Å². The third-order valence-electron chi connectivity index (χ3n) is 2.26. The van der Waals surface area contributed by atoms with Crippen LogP contribution in [0.3, 0.4) is 0 Å².